The molecule has 6 heteroatoms. The van der Waals surface area contributed by atoms with E-state index in [0.29, 0.717) is 30.0 Å². The molecule has 1 amide bonds. The van der Waals surface area contributed by atoms with Crippen LogP contribution < -0.4 is 5.32 Å². The Bertz CT molecular complexity index is 948. The predicted molar refractivity (Wildman–Crippen MR) is 124 cm³/mol. The van der Waals surface area contributed by atoms with Crippen molar-refractivity contribution in [3.63, 3.8) is 0 Å². The van der Waals surface area contributed by atoms with Crippen molar-refractivity contribution in [1.82, 2.24) is 5.32 Å². The average molecular weight is 456 g/mol. The number of carbonyl (C=O) groups is 4. The maximum atomic E-state index is 13.3. The van der Waals surface area contributed by atoms with Gasteiger partial charge in [-0.3, -0.25) is 19.2 Å². The number of esters is 1. The maximum absolute atomic E-state index is 13.3. The lowest BCUT2D eigenvalue weighted by Crippen LogP contribution is -2.52. The largest absolute Gasteiger partial charge is 0.456 e. The Kier molecular flexibility index (Phi) is 6.17. The van der Waals surface area contributed by atoms with Gasteiger partial charge in [0.05, 0.1) is 0 Å². The number of ether oxygens (including phenoxy) is 1. The summed E-state index contributed by atoms with van der Waals surface area (Å²) in [6, 6.07) is -0.0999. The van der Waals surface area contributed by atoms with Crippen molar-refractivity contribution in [3.05, 3.63) is 23.3 Å². The van der Waals surface area contributed by atoms with E-state index in [2.05, 4.69) is 26.1 Å². The van der Waals surface area contributed by atoms with Gasteiger partial charge in [-0.15, -0.1) is 0 Å². The summed E-state index contributed by atoms with van der Waals surface area (Å²) in [4.78, 5) is 48.6. The molecule has 6 nitrogen and oxygen atoms in total. The van der Waals surface area contributed by atoms with Gasteiger partial charge in [0.1, 0.15) is 5.78 Å². The van der Waals surface area contributed by atoms with Gasteiger partial charge in [0.15, 0.2) is 12.4 Å². The molecule has 4 aliphatic rings. The summed E-state index contributed by atoms with van der Waals surface area (Å²) in [7, 11) is 0. The first-order valence-electron chi connectivity index (χ1n) is 12.4. The normalized spacial score (nSPS) is 38.3. The topological polar surface area (TPSA) is 89.5 Å². The molecule has 4 aliphatic carbocycles. The number of nitrogens with one attached hydrogen (secondary N) is 1. The molecule has 0 bridgehead atoms. The summed E-state index contributed by atoms with van der Waals surface area (Å²) in [6.07, 6.45) is 8.81. The van der Waals surface area contributed by atoms with Crippen LogP contribution in [-0.2, 0) is 23.9 Å². The fraction of sp³-hybridized carbons (Fsp3) is 0.704. The van der Waals surface area contributed by atoms with Crippen molar-refractivity contribution in [1.29, 1.82) is 0 Å². The third-order valence-corrected chi connectivity index (χ3v) is 9.40. The number of ketones is 2. The third kappa shape index (κ3) is 4.00. The van der Waals surface area contributed by atoms with Gasteiger partial charge in [0.2, 0.25) is 0 Å². The molecule has 0 aliphatic heterocycles. The molecule has 0 spiro atoms. The third-order valence-electron chi connectivity index (χ3n) is 9.40. The van der Waals surface area contributed by atoms with Crippen molar-refractivity contribution in [2.75, 3.05) is 6.61 Å². The molecule has 0 heterocycles. The average Bonchev–Trinajstić information content (AvgIpc) is 2.97. The zero-order chi connectivity index (χ0) is 24.1. The van der Waals surface area contributed by atoms with E-state index < -0.39 is 5.97 Å². The molecule has 1 N–H and O–H groups in total. The van der Waals surface area contributed by atoms with Crippen molar-refractivity contribution >= 4 is 23.4 Å². The molecule has 0 aromatic heterocycles. The fourth-order valence-corrected chi connectivity index (χ4v) is 7.84. The molecule has 180 valence electrons. The van der Waals surface area contributed by atoms with Crippen LogP contribution in [0.1, 0.15) is 73.1 Å². The van der Waals surface area contributed by atoms with Crippen molar-refractivity contribution < 1.29 is 23.9 Å². The number of rotatable bonds is 5. The van der Waals surface area contributed by atoms with E-state index in [4.69, 9.17) is 4.74 Å². The standard InChI is InChI=1S/C27H37NO5/c1-15-10-20(30)13-19-6-7-21-22(27(15,19)5)8-9-26(4)23(31)12-18(25(21)26)11-16(2)28-24(32)14-33-17(3)29/h10,13,16,18,21-22,25H,6-9,11-12,14H2,1-5H3,(H,28,32)/t16-,18+,21-,22+,25+,26-,27+/m1/s1. The number of allylic oxidation sites excluding steroid dienone is 4. The first-order chi connectivity index (χ1) is 15.5. The summed E-state index contributed by atoms with van der Waals surface area (Å²) in [6.45, 7) is 9.55. The van der Waals surface area contributed by atoms with Crippen molar-refractivity contribution in [2.24, 2.45) is 34.5 Å². The van der Waals surface area contributed by atoms with Gasteiger partial charge in [-0.05, 0) is 81.8 Å². The van der Waals surface area contributed by atoms with Crippen molar-refractivity contribution in [3.8, 4) is 0 Å². The Labute approximate surface area is 196 Å². The van der Waals surface area contributed by atoms with Crippen LogP contribution in [0.3, 0.4) is 0 Å². The number of hydrogen-bond donors (Lipinski definition) is 1. The van der Waals surface area contributed by atoms with E-state index in [1.54, 1.807) is 6.08 Å². The molecular weight excluding hydrogens is 418 g/mol. The molecule has 0 aromatic rings. The number of fused-ring (bicyclic) bond motifs is 5. The maximum Gasteiger partial charge on any atom is 0.303 e. The quantitative estimate of drug-likeness (QED) is 0.634. The number of Topliss-reactive ketones (excluding diaryl/α,β-unsaturated/α-hetero) is 1. The second-order valence-electron chi connectivity index (χ2n) is 11.3. The Morgan fingerprint density at radius 2 is 1.94 bits per heavy atom. The van der Waals surface area contributed by atoms with Gasteiger partial charge < -0.3 is 10.1 Å². The van der Waals surface area contributed by atoms with E-state index in [1.807, 2.05) is 13.0 Å². The SMILES string of the molecule is CC(=O)OCC(=O)N[C@H](C)C[C@H]1CC(=O)[C@@]2(C)CC[C@H]3[C@@H](CCC4=CC(=O)C=C(C)[C@@]43C)[C@H]12. The van der Waals surface area contributed by atoms with Gasteiger partial charge in [0, 0.05) is 30.2 Å². The molecule has 33 heavy (non-hydrogen) atoms. The Morgan fingerprint density at radius 1 is 1.21 bits per heavy atom. The highest BCUT2D eigenvalue weighted by Gasteiger charge is 2.62. The fourth-order valence-electron chi connectivity index (χ4n) is 7.84. The van der Waals surface area contributed by atoms with Crippen LogP contribution in [0.4, 0.5) is 0 Å². The molecule has 0 aromatic carbocycles. The van der Waals surface area contributed by atoms with E-state index >= 15 is 0 Å². The first kappa shape index (κ1) is 23.9. The van der Waals surface area contributed by atoms with Crippen LogP contribution >= 0.6 is 0 Å². The van der Waals surface area contributed by atoms with E-state index in [0.717, 1.165) is 37.7 Å². The lowest BCUT2D eigenvalue weighted by Gasteiger charge is -2.58. The van der Waals surface area contributed by atoms with Crippen molar-refractivity contribution in [2.45, 2.75) is 79.2 Å². The first-order valence-corrected chi connectivity index (χ1v) is 12.4. The minimum Gasteiger partial charge on any atom is -0.456 e. The highest BCUT2D eigenvalue weighted by atomic mass is 16.5. The monoisotopic (exact) mass is 455 g/mol. The molecule has 3 saturated carbocycles. The van der Waals surface area contributed by atoms with Crippen LogP contribution in [-0.4, -0.2) is 36.1 Å². The molecule has 0 saturated heterocycles. The summed E-state index contributed by atoms with van der Waals surface area (Å²) in [5.41, 5.74) is 2.03. The highest BCUT2D eigenvalue weighted by molar-refractivity contribution is 6.02. The molecule has 4 rings (SSSR count). The molecule has 0 unspecified atom stereocenters. The zero-order valence-electron chi connectivity index (χ0n) is 20.5. The lowest BCUT2D eigenvalue weighted by molar-refractivity contribution is -0.146. The van der Waals surface area contributed by atoms with Gasteiger partial charge in [-0.2, -0.15) is 0 Å². The smallest absolute Gasteiger partial charge is 0.303 e. The molecular formula is C27H37NO5. The van der Waals surface area contributed by atoms with Crippen LogP contribution in [0.5, 0.6) is 0 Å². The molecule has 0 radical (unpaired) electrons. The van der Waals surface area contributed by atoms with Crippen LogP contribution in [0.2, 0.25) is 0 Å². The van der Waals surface area contributed by atoms with Gasteiger partial charge in [-0.1, -0.05) is 25.0 Å². The Morgan fingerprint density at radius 3 is 2.64 bits per heavy atom. The lowest BCUT2D eigenvalue weighted by atomic mass is 9.46. The number of hydrogen-bond acceptors (Lipinski definition) is 5. The van der Waals surface area contributed by atoms with E-state index in [-0.39, 0.29) is 41.1 Å². The van der Waals surface area contributed by atoms with Gasteiger partial charge in [0.25, 0.3) is 5.91 Å². The Balaban J connectivity index is 1.54. The van der Waals surface area contributed by atoms with Crippen LogP contribution in [0.15, 0.2) is 23.3 Å². The van der Waals surface area contributed by atoms with Crippen LogP contribution in [0.25, 0.3) is 0 Å². The second-order valence-corrected chi connectivity index (χ2v) is 11.3. The minimum absolute atomic E-state index is 0.0990. The summed E-state index contributed by atoms with van der Waals surface area (Å²) in [5, 5.41) is 2.94. The number of amides is 1. The summed E-state index contributed by atoms with van der Waals surface area (Å²) in [5.74, 6) is 1.07. The molecule has 3 fully saturated rings. The van der Waals surface area contributed by atoms with Crippen LogP contribution in [0, 0.1) is 34.5 Å². The van der Waals surface area contributed by atoms with E-state index in [9.17, 15) is 19.2 Å². The molecule has 7 atom stereocenters. The Hall–Kier alpha value is -2.24. The van der Waals surface area contributed by atoms with Gasteiger partial charge >= 0.3 is 5.97 Å². The zero-order valence-corrected chi connectivity index (χ0v) is 20.5. The second kappa shape index (κ2) is 8.52. The highest BCUT2D eigenvalue weighted by Crippen LogP contribution is 2.66. The van der Waals surface area contributed by atoms with E-state index in [1.165, 1.54) is 12.5 Å². The number of carbonyl (C=O) groups excluding carboxylic acids is 4. The summed E-state index contributed by atoms with van der Waals surface area (Å²) < 4.78 is 4.80. The minimum atomic E-state index is -0.476. The van der Waals surface area contributed by atoms with Gasteiger partial charge in [-0.25, -0.2) is 0 Å². The summed E-state index contributed by atoms with van der Waals surface area (Å²) >= 11 is 0. The predicted octanol–water partition coefficient (Wildman–Crippen LogP) is 3.94.